The number of carbonyl (C=O) groups excluding carboxylic acids is 2. The summed E-state index contributed by atoms with van der Waals surface area (Å²) in [5, 5.41) is 6.41. The number of aromatic nitrogens is 1. The van der Waals surface area contributed by atoms with Gasteiger partial charge in [-0.3, -0.25) is 14.6 Å². The number of anilines is 2. The largest absolute Gasteiger partial charge is 0.484 e. The summed E-state index contributed by atoms with van der Waals surface area (Å²) in [6, 6.07) is 16.0. The smallest absolute Gasteiger partial charge is 0.262 e. The Kier molecular flexibility index (Phi) is 8.21. The van der Waals surface area contributed by atoms with Gasteiger partial charge in [-0.1, -0.05) is 24.6 Å². The van der Waals surface area contributed by atoms with Gasteiger partial charge in [0, 0.05) is 48.4 Å². The number of nitrogens with zero attached hydrogens (tertiary/aromatic N) is 2. The van der Waals surface area contributed by atoms with Gasteiger partial charge in [-0.25, -0.2) is 0 Å². The third-order valence-corrected chi connectivity index (χ3v) is 6.26. The highest BCUT2D eigenvalue weighted by Crippen LogP contribution is 2.29. The van der Waals surface area contributed by atoms with Crippen molar-refractivity contribution < 1.29 is 14.3 Å². The number of ether oxygens (including phenoxy) is 1. The number of hydrogen-bond acceptors (Lipinski definition) is 5. The van der Waals surface area contributed by atoms with Gasteiger partial charge < -0.3 is 20.3 Å². The molecule has 4 rings (SSSR count). The Morgan fingerprint density at radius 3 is 2.60 bits per heavy atom. The van der Waals surface area contributed by atoms with Crippen molar-refractivity contribution in [2.45, 2.75) is 26.3 Å². The van der Waals surface area contributed by atoms with Crippen LogP contribution < -0.4 is 20.3 Å². The van der Waals surface area contributed by atoms with Crippen LogP contribution in [0.4, 0.5) is 11.4 Å². The van der Waals surface area contributed by atoms with E-state index >= 15 is 0 Å². The van der Waals surface area contributed by atoms with Gasteiger partial charge in [-0.2, -0.15) is 0 Å². The van der Waals surface area contributed by atoms with Crippen molar-refractivity contribution in [3.8, 4) is 5.75 Å². The summed E-state index contributed by atoms with van der Waals surface area (Å²) in [4.78, 5) is 32.0. The number of benzene rings is 2. The van der Waals surface area contributed by atoms with Gasteiger partial charge in [-0.05, 0) is 72.9 Å². The molecule has 1 saturated heterocycles. The highest BCUT2D eigenvalue weighted by atomic mass is 35.5. The fourth-order valence-electron chi connectivity index (χ4n) is 3.98. The van der Waals surface area contributed by atoms with E-state index in [1.54, 1.807) is 42.7 Å². The molecule has 1 aliphatic rings. The molecule has 1 aliphatic heterocycles. The molecule has 0 aliphatic carbocycles. The van der Waals surface area contributed by atoms with Gasteiger partial charge in [0.2, 0.25) is 0 Å². The van der Waals surface area contributed by atoms with Gasteiger partial charge in [-0.15, -0.1) is 0 Å². The maximum atomic E-state index is 13.2. The van der Waals surface area contributed by atoms with Gasteiger partial charge >= 0.3 is 0 Å². The Morgan fingerprint density at radius 1 is 1.11 bits per heavy atom. The molecule has 3 aromatic rings. The monoisotopic (exact) mass is 492 g/mol. The first-order valence-electron chi connectivity index (χ1n) is 11.7. The van der Waals surface area contributed by atoms with Crippen LogP contribution in [0.3, 0.4) is 0 Å². The molecule has 0 atom stereocenters. The zero-order chi connectivity index (χ0) is 24.6. The molecule has 0 radical (unpaired) electrons. The quantitative estimate of drug-likeness (QED) is 0.466. The first-order chi connectivity index (χ1) is 17.0. The lowest BCUT2D eigenvalue weighted by Crippen LogP contribution is -2.35. The van der Waals surface area contributed by atoms with Crippen molar-refractivity contribution in [1.82, 2.24) is 10.3 Å². The van der Waals surface area contributed by atoms with E-state index < -0.39 is 0 Å². The second-order valence-corrected chi connectivity index (χ2v) is 9.17. The minimum absolute atomic E-state index is 0.157. The van der Waals surface area contributed by atoms with Gasteiger partial charge in [0.1, 0.15) is 5.75 Å². The number of piperidine rings is 1. The van der Waals surface area contributed by atoms with E-state index in [0.717, 1.165) is 37.2 Å². The topological polar surface area (TPSA) is 83.6 Å². The van der Waals surface area contributed by atoms with Crippen molar-refractivity contribution >= 4 is 34.8 Å². The predicted octanol–water partition coefficient (Wildman–Crippen LogP) is 4.92. The van der Waals surface area contributed by atoms with Gasteiger partial charge in [0.25, 0.3) is 11.8 Å². The third kappa shape index (κ3) is 6.96. The summed E-state index contributed by atoms with van der Waals surface area (Å²) in [6.45, 7) is 4.25. The van der Waals surface area contributed by atoms with Crippen molar-refractivity contribution in [3.63, 3.8) is 0 Å². The number of hydrogen-bond donors (Lipinski definition) is 2. The first-order valence-corrected chi connectivity index (χ1v) is 12.1. The summed E-state index contributed by atoms with van der Waals surface area (Å²) < 4.78 is 5.53. The normalized spacial score (nSPS) is 13.8. The number of carbonyl (C=O) groups is 2. The Bertz CT molecular complexity index is 1150. The zero-order valence-corrected chi connectivity index (χ0v) is 20.4. The number of rotatable bonds is 8. The lowest BCUT2D eigenvalue weighted by Gasteiger charge is -2.33. The predicted molar refractivity (Wildman–Crippen MR) is 138 cm³/mol. The van der Waals surface area contributed by atoms with Crippen molar-refractivity contribution in [3.05, 3.63) is 83.1 Å². The molecule has 0 saturated carbocycles. The van der Waals surface area contributed by atoms with Crippen LogP contribution in [-0.2, 0) is 11.3 Å². The Hall–Kier alpha value is -3.58. The number of nitrogens with one attached hydrogen (secondary N) is 2. The molecule has 35 heavy (non-hydrogen) atoms. The molecule has 0 bridgehead atoms. The zero-order valence-electron chi connectivity index (χ0n) is 19.7. The van der Waals surface area contributed by atoms with E-state index in [1.807, 2.05) is 24.3 Å². The Balaban J connectivity index is 1.47. The van der Waals surface area contributed by atoms with E-state index in [4.69, 9.17) is 16.3 Å². The average Bonchev–Trinajstić information content (AvgIpc) is 2.88. The van der Waals surface area contributed by atoms with Crippen molar-refractivity contribution in [1.29, 1.82) is 0 Å². The highest BCUT2D eigenvalue weighted by molar-refractivity contribution is 6.30. The molecule has 0 spiro atoms. The molecule has 182 valence electrons. The molecular weight excluding hydrogens is 464 g/mol. The summed E-state index contributed by atoms with van der Waals surface area (Å²) in [6.07, 6.45) is 5.59. The highest BCUT2D eigenvalue weighted by Gasteiger charge is 2.22. The maximum Gasteiger partial charge on any atom is 0.262 e. The molecule has 2 amide bonds. The van der Waals surface area contributed by atoms with Crippen LogP contribution in [0.15, 0.2) is 67.0 Å². The Morgan fingerprint density at radius 2 is 1.89 bits per heavy atom. The lowest BCUT2D eigenvalue weighted by atomic mass is 9.97. The minimum atomic E-state index is -0.318. The fourth-order valence-corrected chi connectivity index (χ4v) is 4.10. The summed E-state index contributed by atoms with van der Waals surface area (Å²) >= 11 is 5.88. The summed E-state index contributed by atoms with van der Waals surface area (Å²) in [5.41, 5.74) is 2.85. The first kappa shape index (κ1) is 24.5. The van der Waals surface area contributed by atoms with Crippen LogP contribution in [0.1, 0.15) is 35.7 Å². The molecule has 1 aromatic heterocycles. The second-order valence-electron chi connectivity index (χ2n) is 8.74. The van der Waals surface area contributed by atoms with E-state index in [0.29, 0.717) is 34.5 Å². The van der Waals surface area contributed by atoms with Crippen LogP contribution in [0, 0.1) is 5.92 Å². The number of pyridine rings is 1. The minimum Gasteiger partial charge on any atom is -0.484 e. The molecule has 2 heterocycles. The second kappa shape index (κ2) is 11.7. The van der Waals surface area contributed by atoms with Crippen LogP contribution >= 0.6 is 11.6 Å². The van der Waals surface area contributed by atoms with Crippen LogP contribution in [0.5, 0.6) is 5.75 Å². The van der Waals surface area contributed by atoms with Crippen molar-refractivity contribution in [2.75, 3.05) is 29.9 Å². The fraction of sp³-hybridized carbons (Fsp3) is 0.296. The molecule has 0 unspecified atom stereocenters. The molecular formula is C27H29ClN4O3. The standard InChI is InChI=1S/C27H29ClN4O3/c1-19-10-13-32(14-11-19)25-9-6-22(31-26(33)18-35-23-7-4-21(28)5-8-23)15-24(25)27(34)30-17-20-3-2-12-29-16-20/h2-9,12,15-16,19H,10-11,13-14,17-18H2,1H3,(H,30,34)(H,31,33). The molecule has 2 aromatic carbocycles. The van der Waals surface area contributed by atoms with Crippen LogP contribution in [0.25, 0.3) is 0 Å². The van der Waals surface area contributed by atoms with E-state index in [1.165, 1.54) is 0 Å². The third-order valence-electron chi connectivity index (χ3n) is 6.01. The number of amides is 2. The van der Waals surface area contributed by atoms with E-state index in [-0.39, 0.29) is 18.4 Å². The average molecular weight is 493 g/mol. The lowest BCUT2D eigenvalue weighted by molar-refractivity contribution is -0.118. The van der Waals surface area contributed by atoms with Crippen LogP contribution in [0.2, 0.25) is 5.02 Å². The molecule has 7 nitrogen and oxygen atoms in total. The summed E-state index contributed by atoms with van der Waals surface area (Å²) in [5.74, 6) is 0.709. The maximum absolute atomic E-state index is 13.2. The van der Waals surface area contributed by atoms with E-state index in [9.17, 15) is 9.59 Å². The van der Waals surface area contributed by atoms with Crippen LogP contribution in [-0.4, -0.2) is 36.5 Å². The molecule has 1 fully saturated rings. The van der Waals surface area contributed by atoms with Gasteiger partial charge in [0.15, 0.2) is 6.61 Å². The summed E-state index contributed by atoms with van der Waals surface area (Å²) in [7, 11) is 0. The molecule has 2 N–H and O–H groups in total. The molecule has 8 heteroatoms. The number of halogens is 1. The SMILES string of the molecule is CC1CCN(c2ccc(NC(=O)COc3ccc(Cl)cc3)cc2C(=O)NCc2cccnc2)CC1. The van der Waals surface area contributed by atoms with Crippen molar-refractivity contribution in [2.24, 2.45) is 5.92 Å². The van der Waals surface area contributed by atoms with Gasteiger partial charge in [0.05, 0.1) is 5.56 Å². The Labute approximate surface area is 210 Å². The van der Waals surface area contributed by atoms with E-state index in [2.05, 4.69) is 27.4 Å².